The van der Waals surface area contributed by atoms with Crippen molar-refractivity contribution < 1.29 is 34.3 Å². The highest BCUT2D eigenvalue weighted by atomic mass is 16.7. The molecule has 23 heavy (non-hydrogen) atoms. The van der Waals surface area contributed by atoms with E-state index in [1.54, 1.807) is 6.07 Å². The molecule has 8 nitrogen and oxygen atoms in total. The molecule has 0 amide bonds. The molecule has 124 valence electrons. The Bertz CT molecular complexity index is 770. The lowest BCUT2D eigenvalue weighted by molar-refractivity contribution is -0.268. The smallest absolute Gasteiger partial charge is 0.336 e. The predicted octanol–water partition coefficient (Wildman–Crippen LogP) is -0.295. The van der Waals surface area contributed by atoms with Gasteiger partial charge in [-0.25, -0.2) is 4.79 Å². The predicted molar refractivity (Wildman–Crippen MR) is 77.1 cm³/mol. The van der Waals surface area contributed by atoms with Crippen LogP contribution in [-0.4, -0.2) is 51.1 Å². The number of hydrogen-bond donors (Lipinski definition) is 4. The molecule has 4 N–H and O–H groups in total. The van der Waals surface area contributed by atoms with Gasteiger partial charge in [0, 0.05) is 11.5 Å². The highest BCUT2D eigenvalue weighted by Gasteiger charge is 2.43. The number of rotatable bonds is 2. The van der Waals surface area contributed by atoms with E-state index in [2.05, 4.69) is 0 Å². The molecule has 0 spiro atoms. The Hall–Kier alpha value is -2.13. The molecule has 1 aliphatic heterocycles. The minimum atomic E-state index is -1.51. The summed E-state index contributed by atoms with van der Waals surface area (Å²) < 4.78 is 15.6. The van der Waals surface area contributed by atoms with Gasteiger partial charge in [0.25, 0.3) is 0 Å². The minimum Gasteiger partial charge on any atom is -0.502 e. The largest absolute Gasteiger partial charge is 0.502 e. The first-order valence-corrected chi connectivity index (χ1v) is 7.00. The van der Waals surface area contributed by atoms with Crippen molar-refractivity contribution in [2.75, 3.05) is 0 Å². The van der Waals surface area contributed by atoms with Crippen LogP contribution in [0.25, 0.3) is 11.0 Å². The van der Waals surface area contributed by atoms with Gasteiger partial charge in [-0.05, 0) is 25.1 Å². The number of aliphatic hydroxyl groups excluding tert-OH is 3. The van der Waals surface area contributed by atoms with Crippen LogP contribution in [0.4, 0.5) is 0 Å². The zero-order valence-electron chi connectivity index (χ0n) is 12.1. The molecular weight excluding hydrogens is 308 g/mol. The average Bonchev–Trinajstić information content (AvgIpc) is 2.53. The molecule has 0 aliphatic carbocycles. The Labute approximate surface area is 130 Å². The Balaban J connectivity index is 1.92. The van der Waals surface area contributed by atoms with E-state index in [4.69, 9.17) is 13.9 Å². The number of phenolic OH excluding ortho intramolecular Hbond substituents is 1. The third-order valence-electron chi connectivity index (χ3n) is 3.78. The summed E-state index contributed by atoms with van der Waals surface area (Å²) in [5.41, 5.74) is -0.694. The maximum Gasteiger partial charge on any atom is 0.336 e. The van der Waals surface area contributed by atoms with Gasteiger partial charge in [-0.3, -0.25) is 0 Å². The van der Waals surface area contributed by atoms with Crippen LogP contribution in [0.15, 0.2) is 33.5 Å². The summed E-state index contributed by atoms with van der Waals surface area (Å²) in [4.78, 5) is 11.3. The monoisotopic (exact) mass is 324 g/mol. The van der Waals surface area contributed by atoms with Gasteiger partial charge in [0.1, 0.15) is 18.3 Å². The Morgan fingerprint density at radius 1 is 1.04 bits per heavy atom. The third-order valence-corrected chi connectivity index (χ3v) is 3.78. The minimum absolute atomic E-state index is 0.0612. The van der Waals surface area contributed by atoms with Crippen molar-refractivity contribution in [2.24, 2.45) is 0 Å². The standard InChI is InChI=1S/C15H16O8/c1-6-10(17)12(19)13(20)15(21-6)22-8-4-2-7-3-5-9(16)23-14(7)11(8)18/h2-6,10,12-13,15,17-20H,1H3. The second kappa shape index (κ2) is 5.82. The van der Waals surface area contributed by atoms with Crippen LogP contribution >= 0.6 is 0 Å². The van der Waals surface area contributed by atoms with Crippen LogP contribution in [0.2, 0.25) is 0 Å². The summed E-state index contributed by atoms with van der Waals surface area (Å²) in [6.45, 7) is 1.51. The molecule has 1 saturated heterocycles. The molecule has 2 heterocycles. The van der Waals surface area contributed by atoms with Gasteiger partial charge in [-0.1, -0.05) is 0 Å². The second-order valence-corrected chi connectivity index (χ2v) is 5.38. The second-order valence-electron chi connectivity index (χ2n) is 5.38. The van der Waals surface area contributed by atoms with Gasteiger partial charge in [0.15, 0.2) is 11.3 Å². The van der Waals surface area contributed by atoms with Crippen LogP contribution in [0.5, 0.6) is 11.5 Å². The Morgan fingerprint density at radius 2 is 1.74 bits per heavy atom. The summed E-state index contributed by atoms with van der Waals surface area (Å²) >= 11 is 0. The maximum absolute atomic E-state index is 11.3. The van der Waals surface area contributed by atoms with E-state index in [1.807, 2.05) is 0 Å². The normalized spacial score (nSPS) is 31.2. The first kappa shape index (κ1) is 15.8. The van der Waals surface area contributed by atoms with Crippen LogP contribution in [-0.2, 0) is 4.74 Å². The molecule has 1 aromatic carbocycles. The number of aliphatic hydroxyl groups is 3. The van der Waals surface area contributed by atoms with Crippen molar-refractivity contribution >= 4 is 11.0 Å². The molecule has 1 aromatic heterocycles. The lowest BCUT2D eigenvalue weighted by atomic mass is 10.00. The number of hydrogen-bond acceptors (Lipinski definition) is 8. The van der Waals surface area contributed by atoms with E-state index >= 15 is 0 Å². The zero-order chi connectivity index (χ0) is 16.7. The van der Waals surface area contributed by atoms with Crippen LogP contribution in [0, 0.1) is 0 Å². The van der Waals surface area contributed by atoms with Gasteiger partial charge in [0.2, 0.25) is 12.0 Å². The molecule has 1 aliphatic rings. The molecule has 0 radical (unpaired) electrons. The highest BCUT2D eigenvalue weighted by molar-refractivity contribution is 5.84. The number of aromatic hydroxyl groups is 1. The van der Waals surface area contributed by atoms with Gasteiger partial charge in [-0.2, -0.15) is 0 Å². The summed E-state index contributed by atoms with van der Waals surface area (Å²) in [7, 11) is 0. The SMILES string of the molecule is CC1OC(Oc2ccc3ccc(=O)oc3c2O)C(O)C(O)C1O. The highest BCUT2D eigenvalue weighted by Crippen LogP contribution is 2.35. The van der Waals surface area contributed by atoms with E-state index in [-0.39, 0.29) is 11.3 Å². The van der Waals surface area contributed by atoms with Crippen molar-refractivity contribution in [2.45, 2.75) is 37.6 Å². The molecule has 5 unspecified atom stereocenters. The topological polar surface area (TPSA) is 130 Å². The number of benzene rings is 1. The van der Waals surface area contributed by atoms with Crippen molar-refractivity contribution in [1.29, 1.82) is 0 Å². The molecule has 0 saturated carbocycles. The first-order chi connectivity index (χ1) is 10.9. The van der Waals surface area contributed by atoms with E-state index < -0.39 is 42.1 Å². The van der Waals surface area contributed by atoms with Crippen molar-refractivity contribution in [1.82, 2.24) is 0 Å². The summed E-state index contributed by atoms with van der Waals surface area (Å²) in [5.74, 6) is -0.518. The molecule has 2 aromatic rings. The summed E-state index contributed by atoms with van der Waals surface area (Å²) in [6.07, 6.45) is -6.31. The van der Waals surface area contributed by atoms with E-state index in [0.717, 1.165) is 0 Å². The maximum atomic E-state index is 11.3. The van der Waals surface area contributed by atoms with Gasteiger partial charge in [0.05, 0.1) is 6.10 Å². The van der Waals surface area contributed by atoms with E-state index in [1.165, 1.54) is 25.1 Å². The van der Waals surface area contributed by atoms with Crippen molar-refractivity contribution in [3.63, 3.8) is 0 Å². The first-order valence-electron chi connectivity index (χ1n) is 7.00. The third kappa shape index (κ3) is 2.77. The van der Waals surface area contributed by atoms with E-state index in [9.17, 15) is 25.2 Å². The fourth-order valence-corrected chi connectivity index (χ4v) is 2.43. The van der Waals surface area contributed by atoms with Gasteiger partial charge in [-0.15, -0.1) is 0 Å². The lowest BCUT2D eigenvalue weighted by Gasteiger charge is -2.38. The summed E-state index contributed by atoms with van der Waals surface area (Å²) in [6, 6.07) is 5.67. The number of phenols is 1. The molecular formula is C15H16O8. The van der Waals surface area contributed by atoms with Crippen molar-refractivity contribution in [3.8, 4) is 11.5 Å². The molecule has 1 fully saturated rings. The van der Waals surface area contributed by atoms with Crippen LogP contribution in [0.1, 0.15) is 6.92 Å². The Kier molecular flexibility index (Phi) is 3.99. The Morgan fingerprint density at radius 3 is 2.48 bits per heavy atom. The van der Waals surface area contributed by atoms with Gasteiger partial charge >= 0.3 is 5.63 Å². The lowest BCUT2D eigenvalue weighted by Crippen LogP contribution is -2.58. The quantitative estimate of drug-likeness (QED) is 0.554. The van der Waals surface area contributed by atoms with Crippen molar-refractivity contribution in [3.05, 3.63) is 34.7 Å². The van der Waals surface area contributed by atoms with Crippen LogP contribution in [0.3, 0.4) is 0 Å². The fourth-order valence-electron chi connectivity index (χ4n) is 2.43. The average molecular weight is 324 g/mol. The van der Waals surface area contributed by atoms with Crippen LogP contribution < -0.4 is 10.4 Å². The molecule has 8 heteroatoms. The summed E-state index contributed by atoms with van der Waals surface area (Å²) in [5, 5.41) is 40.0. The number of ether oxygens (including phenoxy) is 2. The number of fused-ring (bicyclic) bond motifs is 1. The molecule has 0 bridgehead atoms. The molecule has 3 rings (SSSR count). The van der Waals surface area contributed by atoms with Gasteiger partial charge < -0.3 is 34.3 Å². The molecule has 5 atom stereocenters. The van der Waals surface area contributed by atoms with E-state index in [0.29, 0.717) is 5.39 Å². The zero-order valence-corrected chi connectivity index (χ0v) is 12.1. The fraction of sp³-hybridized carbons (Fsp3) is 0.400.